The lowest BCUT2D eigenvalue weighted by atomic mass is 9.96. The van der Waals surface area contributed by atoms with Gasteiger partial charge >= 0.3 is 11.9 Å². The number of piperazine rings is 1. The van der Waals surface area contributed by atoms with E-state index in [-0.39, 0.29) is 81.9 Å². The third-order valence-corrected chi connectivity index (χ3v) is 11.1. The number of halogens is 6. The van der Waals surface area contributed by atoms with Crippen molar-refractivity contribution in [2.24, 2.45) is 0 Å². The van der Waals surface area contributed by atoms with Gasteiger partial charge in [0.1, 0.15) is 11.6 Å². The highest BCUT2D eigenvalue weighted by Gasteiger charge is 2.49. The number of carbonyl (C=O) groups excluding carboxylic acids is 1. The van der Waals surface area contributed by atoms with Gasteiger partial charge in [0, 0.05) is 53.3 Å². The van der Waals surface area contributed by atoms with E-state index < -0.39 is 44.2 Å². The van der Waals surface area contributed by atoms with Crippen molar-refractivity contribution in [3.63, 3.8) is 0 Å². The van der Waals surface area contributed by atoms with Crippen LogP contribution in [0.2, 0.25) is 5.02 Å². The van der Waals surface area contributed by atoms with Crippen LogP contribution in [0.15, 0.2) is 45.4 Å². The highest BCUT2D eigenvalue weighted by Crippen LogP contribution is 2.76. The zero-order chi connectivity index (χ0) is 28.9. The Bertz CT molecular complexity index is 1680. The quantitative estimate of drug-likeness (QED) is 0.256. The lowest BCUT2D eigenvalue weighted by molar-refractivity contribution is -0.137. The van der Waals surface area contributed by atoms with Gasteiger partial charge in [0.25, 0.3) is 0 Å². The predicted octanol–water partition coefficient (Wildman–Crippen LogP) is 6.31. The van der Waals surface area contributed by atoms with E-state index >= 15 is 3.89 Å². The summed E-state index contributed by atoms with van der Waals surface area (Å²) in [6.45, 7) is 7.52. The predicted molar refractivity (Wildman–Crippen MR) is 144 cm³/mol. The zero-order valence-corrected chi connectivity index (χ0v) is 23.1. The summed E-state index contributed by atoms with van der Waals surface area (Å²) in [5, 5.41) is -0.425. The summed E-state index contributed by atoms with van der Waals surface area (Å²) < 4.78 is 77.2. The van der Waals surface area contributed by atoms with Crippen LogP contribution in [0.1, 0.15) is 25.8 Å². The number of benzene rings is 2. The largest absolute Gasteiger partial charge is 0.417 e. The van der Waals surface area contributed by atoms with Crippen molar-refractivity contribution in [2.75, 3.05) is 23.7 Å². The first-order chi connectivity index (χ1) is 18.8. The molecule has 6 rings (SSSR count). The first-order valence-corrected chi connectivity index (χ1v) is 14.7. The molecule has 6 nitrogen and oxygen atoms in total. The van der Waals surface area contributed by atoms with Crippen LogP contribution in [0.3, 0.4) is 0 Å². The van der Waals surface area contributed by atoms with Crippen LogP contribution in [0.5, 0.6) is 0 Å². The smallest absolute Gasteiger partial charge is 0.352 e. The van der Waals surface area contributed by atoms with Gasteiger partial charge in [0.15, 0.2) is 0 Å². The van der Waals surface area contributed by atoms with Crippen LogP contribution in [-0.2, 0) is 17.5 Å². The molecule has 3 unspecified atom stereocenters. The number of hydrogen-bond donors (Lipinski definition) is 0. The molecule has 13 heteroatoms. The lowest BCUT2D eigenvalue weighted by Gasteiger charge is -2.44. The normalized spacial score (nSPS) is 25.4. The second-order valence-electron chi connectivity index (χ2n) is 10.4. The van der Waals surface area contributed by atoms with Crippen molar-refractivity contribution in [3.8, 4) is 11.1 Å². The van der Waals surface area contributed by atoms with Gasteiger partial charge in [-0.1, -0.05) is 18.2 Å². The lowest BCUT2D eigenvalue weighted by Crippen LogP contribution is -2.58. The highest BCUT2D eigenvalue weighted by atomic mass is 35.5. The molecule has 0 N–H and O–H groups in total. The number of amides is 1. The number of aromatic nitrogens is 2. The summed E-state index contributed by atoms with van der Waals surface area (Å²) in [5.74, 6) is -1.38. The maximum atomic E-state index is 17.3. The number of anilines is 1. The maximum Gasteiger partial charge on any atom is 0.417 e. The number of rotatable bonds is 2. The number of fused-ring (bicyclic) bond motifs is 3. The molecule has 3 aliphatic heterocycles. The number of carbonyl (C=O) groups is 1. The number of alkyl halides is 3. The second-order valence-corrected chi connectivity index (χ2v) is 13.4. The maximum absolute atomic E-state index is 17.3. The fraction of sp³-hybridized carbons (Fsp3) is 0.370. The minimum atomic E-state index is -4.90. The Hall–Kier alpha value is -3.12. The molecule has 3 atom stereocenters. The van der Waals surface area contributed by atoms with Crippen molar-refractivity contribution in [3.05, 3.63) is 57.7 Å². The molecule has 1 fully saturated rings. The average molecular weight is 599 g/mol. The van der Waals surface area contributed by atoms with Crippen molar-refractivity contribution in [1.29, 1.82) is 0 Å². The topological polar surface area (TPSA) is 58.4 Å². The highest BCUT2D eigenvalue weighted by molar-refractivity contribution is 8.30. The number of hydrogen-bond acceptors (Lipinski definition) is 4. The van der Waals surface area contributed by atoms with E-state index in [0.29, 0.717) is 0 Å². The van der Waals surface area contributed by atoms with Gasteiger partial charge < -0.3 is 9.80 Å². The Balaban J connectivity index is 1.69. The van der Waals surface area contributed by atoms with E-state index in [4.69, 9.17) is 11.6 Å². The van der Waals surface area contributed by atoms with E-state index in [9.17, 15) is 27.2 Å². The van der Waals surface area contributed by atoms with E-state index in [0.717, 1.165) is 18.2 Å². The molecule has 1 amide bonds. The van der Waals surface area contributed by atoms with Crippen LogP contribution in [-0.4, -0.2) is 51.3 Å². The standard InChI is InChI=1S/C27H24ClF5N4O2S/c1-4-21(38)37-13(2)11-35(12-14(37)3)25-16-8-17(27(30,31)32)22-15-9-18(28)19(29)10-20(15)40(33)7-5-6-36(26(39)34-25)23(16)24(22)40/h4,8-10,13-14H,1,5-7,11-12H2,2-3H3. The molecule has 212 valence electrons. The van der Waals surface area contributed by atoms with E-state index in [1.165, 1.54) is 10.6 Å². The summed E-state index contributed by atoms with van der Waals surface area (Å²) in [6, 6.07) is 2.11. The molecule has 0 bridgehead atoms. The van der Waals surface area contributed by atoms with Crippen LogP contribution in [0.4, 0.5) is 27.3 Å². The molecule has 0 radical (unpaired) electrons. The second kappa shape index (κ2) is 8.94. The van der Waals surface area contributed by atoms with Crippen LogP contribution in [0.25, 0.3) is 22.0 Å². The van der Waals surface area contributed by atoms with E-state index in [1.54, 1.807) is 23.6 Å². The molecule has 1 aromatic heterocycles. The molecule has 1 saturated heterocycles. The molecular weight excluding hydrogens is 575 g/mol. The van der Waals surface area contributed by atoms with E-state index in [2.05, 4.69) is 11.6 Å². The number of nitrogens with zero attached hydrogens (tertiary/aromatic N) is 4. The van der Waals surface area contributed by atoms with E-state index in [1.807, 2.05) is 0 Å². The summed E-state index contributed by atoms with van der Waals surface area (Å²) in [4.78, 5) is 32.9. The summed E-state index contributed by atoms with van der Waals surface area (Å²) in [5.41, 5.74) is -2.26. The van der Waals surface area contributed by atoms with Crippen LogP contribution < -0.4 is 10.6 Å². The van der Waals surface area contributed by atoms with Crippen LogP contribution >= 0.6 is 22.0 Å². The Morgan fingerprint density at radius 1 is 1.20 bits per heavy atom. The summed E-state index contributed by atoms with van der Waals surface area (Å²) in [7, 11) is -3.65. The summed E-state index contributed by atoms with van der Waals surface area (Å²) in [6.07, 6.45) is -3.55. The van der Waals surface area contributed by atoms with Gasteiger partial charge in [-0.3, -0.25) is 9.36 Å². The SMILES string of the molecule is C=CC(=O)N1C(C)CN(c2nc(=O)n3c4c5c(c(C(F)(F)F)cc24)-c2cc(Cl)c(F)cc2S5(F)CCC3)CC1C. The van der Waals surface area contributed by atoms with Gasteiger partial charge in [0.2, 0.25) is 5.91 Å². The van der Waals surface area contributed by atoms with Crippen molar-refractivity contribution in [2.45, 2.75) is 54.9 Å². The fourth-order valence-electron chi connectivity index (χ4n) is 6.42. The minimum Gasteiger partial charge on any atom is -0.352 e. The average Bonchev–Trinajstić information content (AvgIpc) is 3.00. The van der Waals surface area contributed by atoms with Gasteiger partial charge in [-0.2, -0.15) is 22.0 Å². The third kappa shape index (κ3) is 3.71. The molecular formula is C27H24ClF5N4O2S. The molecule has 0 spiro atoms. The van der Waals surface area contributed by atoms with Crippen molar-refractivity contribution >= 4 is 44.6 Å². The zero-order valence-electron chi connectivity index (χ0n) is 21.5. The first kappa shape index (κ1) is 27.1. The van der Waals surface area contributed by atoms with Crippen LogP contribution in [0, 0.1) is 5.82 Å². The first-order valence-electron chi connectivity index (χ1n) is 12.7. The minimum absolute atomic E-state index is 0.00206. The Labute approximate surface area is 232 Å². The molecule has 2 aromatic carbocycles. The molecule has 3 aromatic rings. The van der Waals surface area contributed by atoms with Crippen molar-refractivity contribution in [1.82, 2.24) is 14.5 Å². The number of aryl methyl sites for hydroxylation is 1. The Morgan fingerprint density at radius 3 is 2.50 bits per heavy atom. The Kier molecular flexibility index (Phi) is 6.05. The van der Waals surface area contributed by atoms with Gasteiger partial charge in [0.05, 0.1) is 21.0 Å². The molecule has 3 aliphatic rings. The fourth-order valence-corrected chi connectivity index (χ4v) is 9.62. The van der Waals surface area contributed by atoms with Crippen molar-refractivity contribution < 1.29 is 26.2 Å². The molecule has 0 saturated carbocycles. The van der Waals surface area contributed by atoms with Gasteiger partial charge in [-0.25, -0.2) is 9.18 Å². The summed E-state index contributed by atoms with van der Waals surface area (Å²) >= 11 is 5.97. The Morgan fingerprint density at radius 2 is 1.88 bits per heavy atom. The van der Waals surface area contributed by atoms with Gasteiger partial charge in [-0.05, 0) is 60.5 Å². The van der Waals surface area contributed by atoms with Gasteiger partial charge in [-0.15, -0.1) is 0 Å². The molecule has 0 aliphatic carbocycles. The molecule has 4 heterocycles. The third-order valence-electron chi connectivity index (χ3n) is 7.92. The monoisotopic (exact) mass is 598 g/mol. The molecule has 40 heavy (non-hydrogen) atoms.